The fraction of sp³-hybridized carbons (Fsp3) is 0.538. The van der Waals surface area contributed by atoms with Crippen molar-refractivity contribution in [1.29, 1.82) is 0 Å². The first-order valence-electron chi connectivity index (χ1n) is 6.10. The molecule has 5 nitrogen and oxygen atoms in total. The SMILES string of the molecule is CCC(CC)(CO)CNC(=O)c1ccncc1O. The normalized spacial score (nSPS) is 11.3. The Morgan fingerprint density at radius 2 is 2.11 bits per heavy atom. The molecule has 100 valence electrons. The van der Waals surface area contributed by atoms with Gasteiger partial charge in [0, 0.05) is 18.2 Å². The third kappa shape index (κ3) is 3.20. The summed E-state index contributed by atoms with van der Waals surface area (Å²) in [6.07, 6.45) is 4.24. The van der Waals surface area contributed by atoms with Gasteiger partial charge >= 0.3 is 0 Å². The van der Waals surface area contributed by atoms with Gasteiger partial charge in [-0.25, -0.2) is 0 Å². The molecule has 1 amide bonds. The molecule has 5 heteroatoms. The lowest BCUT2D eigenvalue weighted by Crippen LogP contribution is -2.39. The fourth-order valence-electron chi connectivity index (χ4n) is 1.72. The maximum atomic E-state index is 11.9. The third-order valence-electron chi connectivity index (χ3n) is 3.50. The second-order valence-electron chi connectivity index (χ2n) is 4.44. The molecule has 1 rings (SSSR count). The van der Waals surface area contributed by atoms with Crippen molar-refractivity contribution in [3.05, 3.63) is 24.0 Å². The zero-order chi connectivity index (χ0) is 13.6. The van der Waals surface area contributed by atoms with Gasteiger partial charge in [0.2, 0.25) is 0 Å². The van der Waals surface area contributed by atoms with Crippen molar-refractivity contribution in [3.63, 3.8) is 0 Å². The van der Waals surface area contributed by atoms with E-state index in [1.54, 1.807) is 0 Å². The Bertz CT molecular complexity index is 395. The van der Waals surface area contributed by atoms with Crippen LogP contribution in [-0.4, -0.2) is 34.3 Å². The minimum Gasteiger partial charge on any atom is -0.505 e. The number of aliphatic hydroxyl groups is 1. The number of carbonyl (C=O) groups excluding carboxylic acids is 1. The number of hydrogen-bond acceptors (Lipinski definition) is 4. The molecular weight excluding hydrogens is 232 g/mol. The minimum absolute atomic E-state index is 0.0304. The van der Waals surface area contributed by atoms with Gasteiger partial charge in [0.05, 0.1) is 18.4 Å². The van der Waals surface area contributed by atoms with Crippen molar-refractivity contribution in [2.75, 3.05) is 13.2 Å². The summed E-state index contributed by atoms with van der Waals surface area (Å²) in [4.78, 5) is 15.6. The van der Waals surface area contributed by atoms with E-state index >= 15 is 0 Å². The summed E-state index contributed by atoms with van der Waals surface area (Å²) in [5, 5.41) is 21.7. The van der Waals surface area contributed by atoms with E-state index < -0.39 is 0 Å². The number of nitrogens with one attached hydrogen (secondary N) is 1. The summed E-state index contributed by atoms with van der Waals surface area (Å²) in [5.74, 6) is -0.493. The van der Waals surface area contributed by atoms with E-state index in [1.165, 1.54) is 18.5 Å². The van der Waals surface area contributed by atoms with Gasteiger partial charge in [0.15, 0.2) is 0 Å². The van der Waals surface area contributed by atoms with Gasteiger partial charge in [-0.15, -0.1) is 0 Å². The van der Waals surface area contributed by atoms with Gasteiger partial charge in [0.25, 0.3) is 5.91 Å². The average molecular weight is 252 g/mol. The van der Waals surface area contributed by atoms with E-state index in [4.69, 9.17) is 0 Å². The van der Waals surface area contributed by atoms with Crippen molar-refractivity contribution in [2.24, 2.45) is 5.41 Å². The third-order valence-corrected chi connectivity index (χ3v) is 3.50. The highest BCUT2D eigenvalue weighted by Gasteiger charge is 2.26. The molecule has 0 saturated carbocycles. The van der Waals surface area contributed by atoms with Gasteiger partial charge < -0.3 is 15.5 Å². The van der Waals surface area contributed by atoms with Crippen LogP contribution in [0.25, 0.3) is 0 Å². The predicted molar refractivity (Wildman–Crippen MR) is 68.3 cm³/mol. The molecule has 0 saturated heterocycles. The zero-order valence-electron chi connectivity index (χ0n) is 10.8. The lowest BCUT2D eigenvalue weighted by atomic mass is 9.83. The van der Waals surface area contributed by atoms with E-state index in [0.29, 0.717) is 6.54 Å². The van der Waals surface area contributed by atoms with Crippen LogP contribution >= 0.6 is 0 Å². The molecule has 0 fully saturated rings. The van der Waals surface area contributed by atoms with Gasteiger partial charge in [-0.1, -0.05) is 13.8 Å². The first-order chi connectivity index (χ1) is 8.58. The van der Waals surface area contributed by atoms with E-state index in [-0.39, 0.29) is 29.2 Å². The van der Waals surface area contributed by atoms with Crippen LogP contribution in [0, 0.1) is 5.41 Å². The van der Waals surface area contributed by atoms with Crippen LogP contribution in [0.2, 0.25) is 0 Å². The Balaban J connectivity index is 2.69. The molecule has 18 heavy (non-hydrogen) atoms. The topological polar surface area (TPSA) is 82.5 Å². The smallest absolute Gasteiger partial charge is 0.255 e. The molecule has 0 aromatic carbocycles. The van der Waals surface area contributed by atoms with Crippen molar-refractivity contribution in [3.8, 4) is 5.75 Å². The standard InChI is InChI=1S/C13H20N2O3/c1-3-13(4-2,9-16)8-15-12(18)10-5-6-14-7-11(10)17/h5-7,16-17H,3-4,8-9H2,1-2H3,(H,15,18). The molecule has 0 aliphatic carbocycles. The molecule has 1 aromatic rings. The molecule has 0 unspecified atom stereocenters. The lowest BCUT2D eigenvalue weighted by Gasteiger charge is -2.29. The summed E-state index contributed by atoms with van der Waals surface area (Å²) in [6.45, 7) is 4.38. The quantitative estimate of drug-likeness (QED) is 0.713. The number of aromatic hydroxyl groups is 1. The Morgan fingerprint density at radius 1 is 1.44 bits per heavy atom. The molecule has 3 N–H and O–H groups in total. The number of pyridine rings is 1. The summed E-state index contributed by atoms with van der Waals surface area (Å²) < 4.78 is 0. The first kappa shape index (κ1) is 14.4. The number of carbonyl (C=O) groups is 1. The van der Waals surface area contributed by atoms with Crippen LogP contribution in [0.1, 0.15) is 37.0 Å². The largest absolute Gasteiger partial charge is 0.505 e. The summed E-state index contributed by atoms with van der Waals surface area (Å²) in [7, 11) is 0. The molecule has 0 spiro atoms. The van der Waals surface area contributed by atoms with E-state index in [0.717, 1.165) is 12.8 Å². The van der Waals surface area contributed by atoms with Crippen LogP contribution in [0.4, 0.5) is 0 Å². The predicted octanol–water partition coefficient (Wildman–Crippen LogP) is 1.32. The van der Waals surface area contributed by atoms with E-state index in [1.807, 2.05) is 13.8 Å². The maximum Gasteiger partial charge on any atom is 0.255 e. The number of aliphatic hydroxyl groups excluding tert-OH is 1. The number of aromatic nitrogens is 1. The molecule has 1 aromatic heterocycles. The van der Waals surface area contributed by atoms with Gasteiger partial charge in [-0.05, 0) is 18.9 Å². The van der Waals surface area contributed by atoms with E-state index in [2.05, 4.69) is 10.3 Å². The molecule has 1 heterocycles. The van der Waals surface area contributed by atoms with Crippen LogP contribution in [0.15, 0.2) is 18.5 Å². The number of amides is 1. The molecular formula is C13H20N2O3. The lowest BCUT2D eigenvalue weighted by molar-refractivity contribution is 0.0848. The Hall–Kier alpha value is -1.62. The average Bonchev–Trinajstić information content (AvgIpc) is 2.41. The second kappa shape index (κ2) is 6.35. The first-order valence-corrected chi connectivity index (χ1v) is 6.10. The van der Waals surface area contributed by atoms with Gasteiger partial charge in [0.1, 0.15) is 5.75 Å². The van der Waals surface area contributed by atoms with Crippen molar-refractivity contribution in [2.45, 2.75) is 26.7 Å². The second-order valence-corrected chi connectivity index (χ2v) is 4.44. The Labute approximate surface area is 107 Å². The number of rotatable bonds is 6. The van der Waals surface area contributed by atoms with Crippen LogP contribution in [0.5, 0.6) is 5.75 Å². The van der Waals surface area contributed by atoms with Crippen LogP contribution in [0.3, 0.4) is 0 Å². The van der Waals surface area contributed by atoms with Crippen molar-refractivity contribution in [1.82, 2.24) is 10.3 Å². The monoisotopic (exact) mass is 252 g/mol. The van der Waals surface area contributed by atoms with Crippen LogP contribution in [-0.2, 0) is 0 Å². The van der Waals surface area contributed by atoms with E-state index in [9.17, 15) is 15.0 Å². The molecule has 0 atom stereocenters. The van der Waals surface area contributed by atoms with Crippen molar-refractivity contribution < 1.29 is 15.0 Å². The summed E-state index contributed by atoms with van der Waals surface area (Å²) in [5.41, 5.74) is -0.0952. The molecule has 0 bridgehead atoms. The number of nitrogens with zero attached hydrogens (tertiary/aromatic N) is 1. The minimum atomic E-state index is -0.352. The molecule has 0 aliphatic heterocycles. The molecule has 0 radical (unpaired) electrons. The summed E-state index contributed by atoms with van der Waals surface area (Å²) in [6, 6.07) is 1.46. The maximum absolute atomic E-state index is 11.9. The Kier molecular flexibility index (Phi) is 5.09. The Morgan fingerprint density at radius 3 is 2.61 bits per heavy atom. The van der Waals surface area contributed by atoms with Crippen LogP contribution < -0.4 is 5.32 Å². The highest BCUT2D eigenvalue weighted by atomic mass is 16.3. The van der Waals surface area contributed by atoms with Gasteiger partial charge in [-0.2, -0.15) is 0 Å². The van der Waals surface area contributed by atoms with Crippen molar-refractivity contribution >= 4 is 5.91 Å². The van der Waals surface area contributed by atoms with Gasteiger partial charge in [-0.3, -0.25) is 9.78 Å². The molecule has 0 aliphatic rings. The highest BCUT2D eigenvalue weighted by molar-refractivity contribution is 5.96. The zero-order valence-corrected chi connectivity index (χ0v) is 10.8. The highest BCUT2D eigenvalue weighted by Crippen LogP contribution is 2.24. The number of hydrogen-bond donors (Lipinski definition) is 3. The fourth-order valence-corrected chi connectivity index (χ4v) is 1.72. The summed E-state index contributed by atoms with van der Waals surface area (Å²) >= 11 is 0.